The molecule has 2 rings (SSSR count). The zero-order chi connectivity index (χ0) is 11.0. The molecule has 1 aromatic carbocycles. The Bertz CT molecular complexity index is 429. The van der Waals surface area contributed by atoms with Crippen LogP contribution < -0.4 is 0 Å². The zero-order valence-electron chi connectivity index (χ0n) is 8.04. The van der Waals surface area contributed by atoms with Gasteiger partial charge in [0, 0.05) is 17.4 Å². The Morgan fingerprint density at radius 1 is 1.47 bits per heavy atom. The molecule has 0 spiro atoms. The van der Waals surface area contributed by atoms with Gasteiger partial charge in [-0.15, -0.1) is 0 Å². The summed E-state index contributed by atoms with van der Waals surface area (Å²) >= 11 is 0. The molecule has 0 aliphatic carbocycles. The fourth-order valence-electron chi connectivity index (χ4n) is 1.64. The van der Waals surface area contributed by atoms with Gasteiger partial charge in [-0.25, -0.2) is 4.79 Å². The number of carbonyl (C=O) groups excluding carboxylic acids is 1. The normalized spacial score (nSPS) is 20.6. The molecule has 0 aromatic heterocycles. The minimum atomic E-state index is -0.919. The summed E-state index contributed by atoms with van der Waals surface area (Å²) in [6.07, 6.45) is -0.760. The molecule has 0 saturated heterocycles. The maximum atomic E-state index is 11.4. The van der Waals surface area contributed by atoms with E-state index in [0.29, 0.717) is 11.1 Å². The standard InChI is InChI=1S/C10H9NO4/c1-6(11(13)14)9-7-4-2-3-5-8(7)10(12)15-9/h2-6,9H,1H3/t6-,9-/m1/s1. The number of nitro groups is 1. The lowest BCUT2D eigenvalue weighted by Gasteiger charge is -2.11. The first-order chi connectivity index (χ1) is 7.11. The Kier molecular flexibility index (Phi) is 2.15. The van der Waals surface area contributed by atoms with Crippen molar-refractivity contribution < 1.29 is 14.5 Å². The largest absolute Gasteiger partial charge is 0.446 e. The summed E-state index contributed by atoms with van der Waals surface area (Å²) in [6.45, 7) is 1.43. The predicted octanol–water partition coefficient (Wildman–Crippen LogP) is 1.56. The van der Waals surface area contributed by atoms with E-state index in [9.17, 15) is 14.9 Å². The number of esters is 1. The lowest BCUT2D eigenvalue weighted by Crippen LogP contribution is -2.24. The van der Waals surface area contributed by atoms with Gasteiger partial charge in [0.2, 0.25) is 0 Å². The molecule has 78 valence electrons. The van der Waals surface area contributed by atoms with Crippen molar-refractivity contribution in [1.29, 1.82) is 0 Å². The molecule has 1 aliphatic heterocycles. The lowest BCUT2D eigenvalue weighted by molar-refractivity contribution is -0.530. The molecule has 0 fully saturated rings. The minimum Gasteiger partial charge on any atom is -0.446 e. The van der Waals surface area contributed by atoms with Crippen LogP contribution in [-0.4, -0.2) is 16.9 Å². The highest BCUT2D eigenvalue weighted by Crippen LogP contribution is 2.33. The van der Waals surface area contributed by atoms with E-state index in [1.54, 1.807) is 24.3 Å². The smallest absolute Gasteiger partial charge is 0.339 e. The van der Waals surface area contributed by atoms with Crippen molar-refractivity contribution in [3.8, 4) is 0 Å². The van der Waals surface area contributed by atoms with Crippen LogP contribution in [0.4, 0.5) is 0 Å². The number of hydrogen-bond donors (Lipinski definition) is 0. The zero-order valence-corrected chi connectivity index (χ0v) is 8.04. The molecule has 0 unspecified atom stereocenters. The summed E-state index contributed by atoms with van der Waals surface area (Å²) < 4.78 is 4.97. The van der Waals surface area contributed by atoms with Crippen molar-refractivity contribution >= 4 is 5.97 Å². The molecule has 5 heteroatoms. The highest BCUT2D eigenvalue weighted by molar-refractivity contribution is 5.94. The van der Waals surface area contributed by atoms with Crippen LogP contribution in [0, 0.1) is 10.1 Å². The first-order valence-corrected chi connectivity index (χ1v) is 4.54. The Morgan fingerprint density at radius 3 is 2.80 bits per heavy atom. The van der Waals surface area contributed by atoms with Gasteiger partial charge >= 0.3 is 5.97 Å². The second-order valence-corrected chi connectivity index (χ2v) is 3.44. The summed E-state index contributed by atoms with van der Waals surface area (Å²) in [4.78, 5) is 21.5. The van der Waals surface area contributed by atoms with E-state index in [1.807, 2.05) is 0 Å². The highest BCUT2D eigenvalue weighted by atomic mass is 16.6. The van der Waals surface area contributed by atoms with Gasteiger partial charge in [0.15, 0.2) is 6.10 Å². The quantitative estimate of drug-likeness (QED) is 0.419. The fourth-order valence-corrected chi connectivity index (χ4v) is 1.64. The summed E-state index contributed by atoms with van der Waals surface area (Å²) in [5.74, 6) is -0.482. The van der Waals surface area contributed by atoms with Gasteiger partial charge in [-0.2, -0.15) is 0 Å². The first kappa shape index (κ1) is 9.64. The Hall–Kier alpha value is -1.91. The number of nitrogens with zero attached hydrogens (tertiary/aromatic N) is 1. The van der Waals surface area contributed by atoms with Gasteiger partial charge in [-0.3, -0.25) is 10.1 Å². The monoisotopic (exact) mass is 207 g/mol. The average molecular weight is 207 g/mol. The molecule has 2 atom stereocenters. The van der Waals surface area contributed by atoms with Crippen molar-refractivity contribution in [3.05, 3.63) is 45.5 Å². The molecule has 0 saturated carbocycles. The molecule has 1 heterocycles. The fraction of sp³-hybridized carbons (Fsp3) is 0.300. The Labute approximate surface area is 85.8 Å². The predicted molar refractivity (Wildman–Crippen MR) is 51.1 cm³/mol. The van der Waals surface area contributed by atoms with Crippen molar-refractivity contribution in [3.63, 3.8) is 0 Å². The van der Waals surface area contributed by atoms with Crippen LogP contribution in [0.1, 0.15) is 28.9 Å². The van der Waals surface area contributed by atoms with E-state index >= 15 is 0 Å². The summed E-state index contributed by atoms with van der Waals surface area (Å²) in [7, 11) is 0. The molecular weight excluding hydrogens is 198 g/mol. The third kappa shape index (κ3) is 1.45. The van der Waals surface area contributed by atoms with Gasteiger partial charge in [0.25, 0.3) is 6.04 Å². The number of ether oxygens (including phenoxy) is 1. The van der Waals surface area contributed by atoms with Crippen molar-refractivity contribution in [2.45, 2.75) is 19.1 Å². The molecule has 0 N–H and O–H groups in total. The topological polar surface area (TPSA) is 69.4 Å². The van der Waals surface area contributed by atoms with E-state index in [4.69, 9.17) is 4.74 Å². The van der Waals surface area contributed by atoms with Crippen LogP contribution in [0.2, 0.25) is 0 Å². The number of hydrogen-bond acceptors (Lipinski definition) is 4. The van der Waals surface area contributed by atoms with Gasteiger partial charge in [-0.1, -0.05) is 18.2 Å². The average Bonchev–Trinajstić information content (AvgIpc) is 2.56. The maximum Gasteiger partial charge on any atom is 0.339 e. The molecule has 1 aromatic rings. The second-order valence-electron chi connectivity index (χ2n) is 3.44. The van der Waals surface area contributed by atoms with Crippen LogP contribution in [0.3, 0.4) is 0 Å². The SMILES string of the molecule is C[C@H]([C@H]1OC(=O)c2ccccc21)[N+](=O)[O-]. The molecule has 0 amide bonds. The van der Waals surface area contributed by atoms with Gasteiger partial charge in [0.05, 0.1) is 5.56 Å². The van der Waals surface area contributed by atoms with E-state index < -0.39 is 23.0 Å². The van der Waals surface area contributed by atoms with Crippen LogP contribution >= 0.6 is 0 Å². The lowest BCUT2D eigenvalue weighted by atomic mass is 10.0. The van der Waals surface area contributed by atoms with E-state index in [0.717, 1.165) is 0 Å². The molecule has 0 radical (unpaired) electrons. The number of rotatable bonds is 2. The Balaban J connectivity index is 2.40. The number of benzene rings is 1. The number of cyclic esters (lactones) is 1. The first-order valence-electron chi connectivity index (χ1n) is 4.54. The van der Waals surface area contributed by atoms with Crippen LogP contribution in [0.5, 0.6) is 0 Å². The summed E-state index contributed by atoms with van der Waals surface area (Å²) in [6, 6.07) is 5.83. The van der Waals surface area contributed by atoms with E-state index in [-0.39, 0.29) is 0 Å². The maximum absolute atomic E-state index is 11.4. The third-order valence-electron chi connectivity index (χ3n) is 2.49. The molecule has 0 bridgehead atoms. The van der Waals surface area contributed by atoms with Crippen LogP contribution in [-0.2, 0) is 4.74 Å². The van der Waals surface area contributed by atoms with Crippen molar-refractivity contribution in [1.82, 2.24) is 0 Å². The molecule has 1 aliphatic rings. The minimum absolute atomic E-state index is 0.427. The molecule has 15 heavy (non-hydrogen) atoms. The number of carbonyl (C=O) groups is 1. The van der Waals surface area contributed by atoms with Crippen LogP contribution in [0.25, 0.3) is 0 Å². The number of fused-ring (bicyclic) bond motifs is 1. The second kappa shape index (κ2) is 3.34. The Morgan fingerprint density at radius 2 is 2.13 bits per heavy atom. The van der Waals surface area contributed by atoms with Gasteiger partial charge in [0.1, 0.15) is 0 Å². The highest BCUT2D eigenvalue weighted by Gasteiger charge is 2.39. The third-order valence-corrected chi connectivity index (χ3v) is 2.49. The van der Waals surface area contributed by atoms with Gasteiger partial charge < -0.3 is 4.74 Å². The molecular formula is C10H9NO4. The van der Waals surface area contributed by atoms with E-state index in [2.05, 4.69) is 0 Å². The summed E-state index contributed by atoms with van der Waals surface area (Å²) in [5, 5.41) is 10.6. The van der Waals surface area contributed by atoms with E-state index in [1.165, 1.54) is 6.92 Å². The summed E-state index contributed by atoms with van der Waals surface area (Å²) in [5.41, 5.74) is 1.03. The molecule has 5 nitrogen and oxygen atoms in total. The van der Waals surface area contributed by atoms with Gasteiger partial charge in [-0.05, 0) is 6.07 Å². The van der Waals surface area contributed by atoms with Crippen molar-refractivity contribution in [2.75, 3.05) is 0 Å². The van der Waals surface area contributed by atoms with Crippen LogP contribution in [0.15, 0.2) is 24.3 Å². The van der Waals surface area contributed by atoms with Crippen molar-refractivity contribution in [2.24, 2.45) is 0 Å².